The van der Waals surface area contributed by atoms with Crippen molar-refractivity contribution in [2.45, 2.75) is 27.3 Å². The summed E-state index contributed by atoms with van der Waals surface area (Å²) in [6.07, 6.45) is 0. The summed E-state index contributed by atoms with van der Waals surface area (Å²) >= 11 is 0. The molecule has 118 valence electrons. The number of H-pyrrole nitrogens is 1. The fourth-order valence-electron chi connectivity index (χ4n) is 2.63. The molecular weight excluding hydrogens is 292 g/mol. The summed E-state index contributed by atoms with van der Waals surface area (Å²) in [7, 11) is 0. The van der Waals surface area contributed by atoms with Crippen LogP contribution in [0.15, 0.2) is 39.5 Å². The molecule has 0 unspecified atom stereocenters. The van der Waals surface area contributed by atoms with Crippen molar-refractivity contribution in [3.05, 3.63) is 68.8 Å². The highest BCUT2D eigenvalue weighted by atomic mass is 16.3. The SMILES string of the molecule is Cc1ccc2oc(C(=O)NCc3c(C)cc(C)[nH]c3=O)cc2c1. The third kappa shape index (κ3) is 3.04. The number of aryl methyl sites for hydroxylation is 3. The molecule has 2 aromatic heterocycles. The van der Waals surface area contributed by atoms with Gasteiger partial charge >= 0.3 is 0 Å². The molecule has 3 aromatic rings. The van der Waals surface area contributed by atoms with Crippen molar-refractivity contribution < 1.29 is 9.21 Å². The monoisotopic (exact) mass is 310 g/mol. The molecule has 0 saturated heterocycles. The number of aromatic amines is 1. The zero-order valence-electron chi connectivity index (χ0n) is 13.3. The van der Waals surface area contributed by atoms with Crippen molar-refractivity contribution in [2.24, 2.45) is 0 Å². The molecule has 0 aliphatic heterocycles. The van der Waals surface area contributed by atoms with E-state index >= 15 is 0 Å². The first-order chi connectivity index (χ1) is 10.9. The number of rotatable bonds is 3. The Morgan fingerprint density at radius 1 is 1.17 bits per heavy atom. The Hall–Kier alpha value is -2.82. The lowest BCUT2D eigenvalue weighted by atomic mass is 10.1. The zero-order chi connectivity index (χ0) is 16.6. The van der Waals surface area contributed by atoms with Crippen molar-refractivity contribution in [2.75, 3.05) is 0 Å². The molecular formula is C18H18N2O3. The molecule has 0 saturated carbocycles. The molecule has 0 radical (unpaired) electrons. The lowest BCUT2D eigenvalue weighted by molar-refractivity contribution is 0.0925. The Morgan fingerprint density at radius 2 is 1.96 bits per heavy atom. The molecule has 2 heterocycles. The van der Waals surface area contributed by atoms with E-state index in [9.17, 15) is 9.59 Å². The van der Waals surface area contributed by atoms with E-state index in [1.165, 1.54) is 0 Å². The number of carbonyl (C=O) groups excluding carboxylic acids is 1. The van der Waals surface area contributed by atoms with Gasteiger partial charge in [-0.05, 0) is 50.6 Å². The van der Waals surface area contributed by atoms with E-state index in [1.54, 1.807) is 6.07 Å². The maximum atomic E-state index is 12.2. The van der Waals surface area contributed by atoms with Crippen LogP contribution < -0.4 is 10.9 Å². The quantitative estimate of drug-likeness (QED) is 0.781. The van der Waals surface area contributed by atoms with Crippen molar-refractivity contribution in [1.82, 2.24) is 10.3 Å². The predicted octanol–water partition coefficient (Wildman–Crippen LogP) is 2.98. The van der Waals surface area contributed by atoms with Gasteiger partial charge in [0.2, 0.25) is 0 Å². The molecule has 0 atom stereocenters. The Bertz CT molecular complexity index is 951. The summed E-state index contributed by atoms with van der Waals surface area (Å²) in [5.74, 6) is -0.0926. The Morgan fingerprint density at radius 3 is 2.70 bits per heavy atom. The standard InChI is InChI=1S/C18H18N2O3/c1-10-4-5-15-13(6-10)8-16(23-15)18(22)19-9-14-11(2)7-12(3)20-17(14)21/h4-8H,9H2,1-3H3,(H,19,22)(H,20,21). The second-order valence-corrected chi connectivity index (χ2v) is 5.78. The van der Waals surface area contributed by atoms with Gasteiger partial charge in [-0.2, -0.15) is 0 Å². The number of aromatic nitrogens is 1. The van der Waals surface area contributed by atoms with E-state index in [0.29, 0.717) is 11.1 Å². The summed E-state index contributed by atoms with van der Waals surface area (Å²) in [6.45, 7) is 5.83. The van der Waals surface area contributed by atoms with Crippen LogP contribution in [0.1, 0.15) is 32.9 Å². The minimum atomic E-state index is -0.335. The average Bonchev–Trinajstić information content (AvgIpc) is 2.88. The van der Waals surface area contributed by atoms with Crippen LogP contribution in [0.2, 0.25) is 0 Å². The number of hydrogen-bond acceptors (Lipinski definition) is 3. The number of benzene rings is 1. The van der Waals surface area contributed by atoms with Crippen LogP contribution in [-0.2, 0) is 6.54 Å². The first kappa shape index (κ1) is 15.1. The molecule has 23 heavy (non-hydrogen) atoms. The third-order valence-electron chi connectivity index (χ3n) is 3.82. The number of furan rings is 1. The van der Waals surface area contributed by atoms with Crippen LogP contribution in [0, 0.1) is 20.8 Å². The van der Waals surface area contributed by atoms with Crippen molar-refractivity contribution >= 4 is 16.9 Å². The molecule has 0 fully saturated rings. The summed E-state index contributed by atoms with van der Waals surface area (Å²) in [5.41, 5.74) is 3.80. The molecule has 0 spiro atoms. The van der Waals surface area contributed by atoms with E-state index in [4.69, 9.17) is 4.42 Å². The third-order valence-corrected chi connectivity index (χ3v) is 3.82. The van der Waals surface area contributed by atoms with E-state index in [1.807, 2.05) is 45.0 Å². The van der Waals surface area contributed by atoms with Gasteiger partial charge in [-0.1, -0.05) is 11.6 Å². The van der Waals surface area contributed by atoms with Crippen molar-refractivity contribution in [3.8, 4) is 0 Å². The number of pyridine rings is 1. The normalized spacial score (nSPS) is 10.9. The Kier molecular flexibility index (Phi) is 3.78. The van der Waals surface area contributed by atoms with Gasteiger partial charge in [0.1, 0.15) is 5.58 Å². The van der Waals surface area contributed by atoms with Gasteiger partial charge in [-0.3, -0.25) is 9.59 Å². The van der Waals surface area contributed by atoms with Crippen LogP contribution in [0.4, 0.5) is 0 Å². The molecule has 0 aliphatic rings. The van der Waals surface area contributed by atoms with E-state index in [2.05, 4.69) is 10.3 Å². The maximum Gasteiger partial charge on any atom is 0.287 e. The fraction of sp³-hybridized carbons (Fsp3) is 0.222. The number of nitrogens with one attached hydrogen (secondary N) is 2. The highest BCUT2D eigenvalue weighted by Crippen LogP contribution is 2.20. The topological polar surface area (TPSA) is 75.1 Å². The van der Waals surface area contributed by atoms with Gasteiger partial charge in [0, 0.05) is 23.2 Å². The lowest BCUT2D eigenvalue weighted by Crippen LogP contribution is -2.27. The smallest absolute Gasteiger partial charge is 0.287 e. The Labute approximate surface area is 133 Å². The van der Waals surface area contributed by atoms with Crippen LogP contribution in [-0.4, -0.2) is 10.9 Å². The second-order valence-electron chi connectivity index (χ2n) is 5.78. The minimum Gasteiger partial charge on any atom is -0.451 e. The van der Waals surface area contributed by atoms with Gasteiger partial charge < -0.3 is 14.7 Å². The summed E-state index contributed by atoms with van der Waals surface area (Å²) < 4.78 is 5.55. The van der Waals surface area contributed by atoms with Crippen molar-refractivity contribution in [3.63, 3.8) is 0 Å². The summed E-state index contributed by atoms with van der Waals surface area (Å²) in [4.78, 5) is 26.9. The second kappa shape index (κ2) is 5.76. The van der Waals surface area contributed by atoms with E-state index in [0.717, 1.165) is 22.2 Å². The first-order valence-electron chi connectivity index (χ1n) is 7.42. The number of amides is 1. The van der Waals surface area contributed by atoms with Gasteiger partial charge in [0.25, 0.3) is 11.5 Å². The molecule has 1 amide bonds. The van der Waals surface area contributed by atoms with Gasteiger partial charge in [0.05, 0.1) is 0 Å². The molecule has 2 N–H and O–H groups in total. The van der Waals surface area contributed by atoms with Gasteiger partial charge in [-0.15, -0.1) is 0 Å². The molecule has 0 bridgehead atoms. The first-order valence-corrected chi connectivity index (χ1v) is 7.42. The molecule has 5 heteroatoms. The van der Waals surface area contributed by atoms with Crippen molar-refractivity contribution in [1.29, 1.82) is 0 Å². The molecule has 3 rings (SSSR count). The molecule has 0 aliphatic carbocycles. The summed E-state index contributed by atoms with van der Waals surface area (Å²) in [5, 5.41) is 3.63. The largest absolute Gasteiger partial charge is 0.451 e. The number of fused-ring (bicyclic) bond motifs is 1. The molecule has 5 nitrogen and oxygen atoms in total. The maximum absolute atomic E-state index is 12.2. The van der Waals surface area contributed by atoms with Gasteiger partial charge in [-0.25, -0.2) is 0 Å². The average molecular weight is 310 g/mol. The van der Waals surface area contributed by atoms with Crippen LogP contribution in [0.5, 0.6) is 0 Å². The summed E-state index contributed by atoms with van der Waals surface area (Å²) in [6, 6.07) is 9.33. The minimum absolute atomic E-state index is 0.163. The van der Waals surface area contributed by atoms with E-state index < -0.39 is 0 Å². The number of carbonyl (C=O) groups is 1. The molecule has 1 aromatic carbocycles. The lowest BCUT2D eigenvalue weighted by Gasteiger charge is -2.07. The van der Waals surface area contributed by atoms with Crippen LogP contribution >= 0.6 is 0 Å². The zero-order valence-corrected chi connectivity index (χ0v) is 13.3. The van der Waals surface area contributed by atoms with E-state index in [-0.39, 0.29) is 23.8 Å². The predicted molar refractivity (Wildman–Crippen MR) is 88.7 cm³/mol. The van der Waals surface area contributed by atoms with Gasteiger partial charge in [0.15, 0.2) is 5.76 Å². The fourth-order valence-corrected chi connectivity index (χ4v) is 2.63. The number of hydrogen-bond donors (Lipinski definition) is 2. The Balaban J connectivity index is 1.80. The van der Waals surface area contributed by atoms with Crippen LogP contribution in [0.25, 0.3) is 11.0 Å². The van der Waals surface area contributed by atoms with Crippen LogP contribution in [0.3, 0.4) is 0 Å². The highest BCUT2D eigenvalue weighted by Gasteiger charge is 2.13. The highest BCUT2D eigenvalue weighted by molar-refractivity contribution is 5.96.